The van der Waals surface area contributed by atoms with Crippen molar-refractivity contribution < 1.29 is 31.4 Å². The number of anilines is 2. The summed E-state index contributed by atoms with van der Waals surface area (Å²) in [6.45, 7) is -1.92. The van der Waals surface area contributed by atoms with E-state index in [0.717, 1.165) is 14.0 Å². The topological polar surface area (TPSA) is 79.5 Å². The third-order valence-electron chi connectivity index (χ3n) is 5.55. The Labute approximate surface area is 160 Å². The van der Waals surface area contributed by atoms with Gasteiger partial charge < -0.3 is 15.3 Å². The maximum Gasteiger partial charge on any atom is 0.417 e. The summed E-state index contributed by atoms with van der Waals surface area (Å²) in [6, 6.07) is 0. The zero-order valence-electron chi connectivity index (χ0n) is 15.4. The summed E-state index contributed by atoms with van der Waals surface area (Å²) < 4.78 is 78.9. The standard InChI is InChI=1S/C16H20F6N4O3/c1-24-11-10(25(8-23-11)7-15(17,18)19)12(27)26(13(24)28)6-9-2-4-14(29,5-3-9)16(20,21)22/h9,23,29H,2-8H2,1H3. The monoisotopic (exact) mass is 430 g/mol. The van der Waals surface area contributed by atoms with Crippen molar-refractivity contribution in [2.24, 2.45) is 13.0 Å². The minimum Gasteiger partial charge on any atom is -0.380 e. The molecule has 0 radical (unpaired) electrons. The molecule has 0 amide bonds. The van der Waals surface area contributed by atoms with Gasteiger partial charge in [-0.3, -0.25) is 13.9 Å². The van der Waals surface area contributed by atoms with Gasteiger partial charge in [0.05, 0.1) is 6.67 Å². The van der Waals surface area contributed by atoms with Crippen molar-refractivity contribution in [2.45, 2.75) is 50.2 Å². The fourth-order valence-corrected chi connectivity index (χ4v) is 3.88. The third-order valence-corrected chi connectivity index (χ3v) is 5.55. The Morgan fingerprint density at radius 2 is 1.72 bits per heavy atom. The van der Waals surface area contributed by atoms with Crippen LogP contribution in [0.4, 0.5) is 37.8 Å². The number of nitrogens with one attached hydrogen (secondary N) is 1. The number of rotatable bonds is 3. The van der Waals surface area contributed by atoms with Crippen LogP contribution in [0.25, 0.3) is 0 Å². The summed E-state index contributed by atoms with van der Waals surface area (Å²) in [4.78, 5) is 26.1. The lowest BCUT2D eigenvalue weighted by molar-refractivity contribution is -0.272. The van der Waals surface area contributed by atoms with Gasteiger partial charge in [0, 0.05) is 13.6 Å². The number of hydrogen-bond acceptors (Lipinski definition) is 5. The predicted octanol–water partition coefficient (Wildman–Crippen LogP) is 1.78. The fraction of sp³-hybridized carbons (Fsp3) is 0.750. The number of nitrogens with zero attached hydrogens (tertiary/aromatic N) is 3. The van der Waals surface area contributed by atoms with Crippen LogP contribution in [-0.2, 0) is 13.6 Å². The molecular weight excluding hydrogens is 410 g/mol. The zero-order valence-corrected chi connectivity index (χ0v) is 15.4. The van der Waals surface area contributed by atoms with Crippen LogP contribution in [0, 0.1) is 5.92 Å². The van der Waals surface area contributed by atoms with E-state index in [1.807, 2.05) is 0 Å². The number of halogens is 6. The maximum absolute atomic E-state index is 12.9. The zero-order chi connectivity index (χ0) is 21.8. The lowest BCUT2D eigenvalue weighted by atomic mass is 9.78. The van der Waals surface area contributed by atoms with Gasteiger partial charge in [-0.15, -0.1) is 0 Å². The van der Waals surface area contributed by atoms with Crippen LogP contribution < -0.4 is 21.5 Å². The van der Waals surface area contributed by atoms with Gasteiger partial charge in [0.2, 0.25) is 0 Å². The number of alkyl halides is 6. The van der Waals surface area contributed by atoms with Gasteiger partial charge >= 0.3 is 18.0 Å². The van der Waals surface area contributed by atoms with Crippen molar-refractivity contribution in [3.05, 3.63) is 20.8 Å². The van der Waals surface area contributed by atoms with E-state index in [1.165, 1.54) is 7.05 Å². The second-order valence-corrected chi connectivity index (χ2v) is 7.58. The molecular formula is C16H20F6N4O3. The second kappa shape index (κ2) is 6.96. The summed E-state index contributed by atoms with van der Waals surface area (Å²) >= 11 is 0. The first kappa shape index (κ1) is 21.5. The van der Waals surface area contributed by atoms with E-state index in [9.17, 15) is 41.0 Å². The molecule has 2 heterocycles. The average molecular weight is 430 g/mol. The summed E-state index contributed by atoms with van der Waals surface area (Å²) in [5.41, 5.74) is -4.79. The molecule has 164 valence electrons. The lowest BCUT2D eigenvalue weighted by Crippen LogP contribution is -2.49. The number of hydrogen-bond donors (Lipinski definition) is 2. The molecule has 1 saturated carbocycles. The van der Waals surface area contributed by atoms with Crippen LogP contribution in [0.1, 0.15) is 25.7 Å². The van der Waals surface area contributed by atoms with Gasteiger partial charge in [-0.2, -0.15) is 26.3 Å². The van der Waals surface area contributed by atoms with E-state index in [2.05, 4.69) is 5.32 Å². The molecule has 0 spiro atoms. The van der Waals surface area contributed by atoms with Gasteiger partial charge in [0.25, 0.3) is 5.56 Å². The smallest absolute Gasteiger partial charge is 0.380 e. The molecule has 13 heteroatoms. The summed E-state index contributed by atoms with van der Waals surface area (Å²) in [5.74, 6) is -0.526. The van der Waals surface area contributed by atoms with Crippen molar-refractivity contribution in [1.29, 1.82) is 0 Å². The Bertz CT molecular complexity index is 896. The van der Waals surface area contributed by atoms with Gasteiger partial charge in [-0.25, -0.2) is 4.79 Å². The molecule has 0 unspecified atom stereocenters. The Kier molecular flexibility index (Phi) is 5.16. The SMILES string of the molecule is Cn1c2c(c(=O)n(CC3CCC(O)(C(F)(F)F)CC3)c1=O)N(CC(F)(F)F)CN2. The van der Waals surface area contributed by atoms with Crippen LogP contribution >= 0.6 is 0 Å². The summed E-state index contributed by atoms with van der Waals surface area (Å²) in [5, 5.41) is 12.3. The molecule has 1 aliphatic carbocycles. The van der Waals surface area contributed by atoms with Gasteiger partial charge in [0.1, 0.15) is 18.1 Å². The van der Waals surface area contributed by atoms with E-state index in [0.29, 0.717) is 0 Å². The molecule has 2 aliphatic rings. The molecule has 0 saturated heterocycles. The first-order chi connectivity index (χ1) is 13.2. The Hall–Kier alpha value is -2.18. The minimum atomic E-state index is -4.78. The van der Waals surface area contributed by atoms with Crippen molar-refractivity contribution in [3.8, 4) is 0 Å². The Morgan fingerprint density at radius 1 is 1.14 bits per heavy atom. The minimum absolute atomic E-state index is 0.0319. The summed E-state index contributed by atoms with van der Waals surface area (Å²) in [7, 11) is 1.30. The molecule has 0 bridgehead atoms. The average Bonchev–Trinajstić information content (AvgIpc) is 2.99. The third kappa shape index (κ3) is 3.96. The molecule has 0 aromatic carbocycles. The molecule has 7 nitrogen and oxygen atoms in total. The predicted molar refractivity (Wildman–Crippen MR) is 90.8 cm³/mol. The Balaban J connectivity index is 1.87. The molecule has 1 fully saturated rings. The highest BCUT2D eigenvalue weighted by atomic mass is 19.4. The number of fused-ring (bicyclic) bond motifs is 1. The van der Waals surface area contributed by atoms with Crippen LogP contribution in [0.3, 0.4) is 0 Å². The van der Waals surface area contributed by atoms with Crippen molar-refractivity contribution in [3.63, 3.8) is 0 Å². The quantitative estimate of drug-likeness (QED) is 0.715. The lowest BCUT2D eigenvalue weighted by Gasteiger charge is -2.37. The maximum atomic E-state index is 12.9. The molecule has 29 heavy (non-hydrogen) atoms. The number of aromatic nitrogens is 2. The highest BCUT2D eigenvalue weighted by Gasteiger charge is 2.54. The molecule has 2 N–H and O–H groups in total. The molecule has 3 rings (SSSR count). The first-order valence-electron chi connectivity index (χ1n) is 8.92. The highest BCUT2D eigenvalue weighted by Crippen LogP contribution is 2.43. The van der Waals surface area contributed by atoms with Crippen molar-refractivity contribution >= 4 is 11.5 Å². The van der Waals surface area contributed by atoms with E-state index < -0.39 is 54.5 Å². The van der Waals surface area contributed by atoms with Gasteiger partial charge in [-0.05, 0) is 31.6 Å². The second-order valence-electron chi connectivity index (χ2n) is 7.58. The fourth-order valence-electron chi connectivity index (χ4n) is 3.88. The Morgan fingerprint density at radius 3 is 2.24 bits per heavy atom. The van der Waals surface area contributed by atoms with Crippen molar-refractivity contribution in [2.75, 3.05) is 23.4 Å². The molecule has 1 aromatic heterocycles. The number of aliphatic hydroxyl groups is 1. The molecule has 1 aromatic rings. The van der Waals surface area contributed by atoms with E-state index in [1.54, 1.807) is 0 Å². The van der Waals surface area contributed by atoms with E-state index in [4.69, 9.17) is 0 Å². The van der Waals surface area contributed by atoms with E-state index in [-0.39, 0.29) is 37.6 Å². The van der Waals surface area contributed by atoms with Crippen molar-refractivity contribution in [1.82, 2.24) is 9.13 Å². The first-order valence-corrected chi connectivity index (χ1v) is 8.92. The largest absolute Gasteiger partial charge is 0.417 e. The van der Waals surface area contributed by atoms with Crippen LogP contribution in [0.15, 0.2) is 9.59 Å². The summed E-state index contributed by atoms with van der Waals surface area (Å²) in [6.07, 6.45) is -10.6. The normalized spacial score (nSPS) is 25.1. The molecule has 1 aliphatic heterocycles. The molecule has 0 atom stereocenters. The van der Waals surface area contributed by atoms with Gasteiger partial charge in [0.15, 0.2) is 5.60 Å². The van der Waals surface area contributed by atoms with Crippen LogP contribution in [0.2, 0.25) is 0 Å². The highest BCUT2D eigenvalue weighted by molar-refractivity contribution is 5.70. The van der Waals surface area contributed by atoms with E-state index >= 15 is 0 Å². The van der Waals surface area contributed by atoms with Crippen LogP contribution in [0.5, 0.6) is 0 Å². The van der Waals surface area contributed by atoms with Gasteiger partial charge in [-0.1, -0.05) is 0 Å². The van der Waals surface area contributed by atoms with Crippen LogP contribution in [-0.4, -0.2) is 45.4 Å².